The third-order valence-electron chi connectivity index (χ3n) is 8.45. The fourth-order valence-corrected chi connectivity index (χ4v) is 11.4. The molecule has 1 aliphatic heterocycles. The summed E-state index contributed by atoms with van der Waals surface area (Å²) in [5.41, 5.74) is 10.5. The van der Waals surface area contributed by atoms with Crippen molar-refractivity contribution in [2.45, 2.75) is 25.9 Å². The molecule has 4 nitrogen and oxygen atoms in total. The molecule has 0 unspecified atom stereocenters. The molecule has 7 rings (SSSR count). The van der Waals surface area contributed by atoms with Gasteiger partial charge >= 0.3 is 0 Å². The van der Waals surface area contributed by atoms with Gasteiger partial charge in [-0.3, -0.25) is 9.97 Å². The second kappa shape index (κ2) is 10.3. The van der Waals surface area contributed by atoms with Crippen LogP contribution < -0.4 is 0 Å². The van der Waals surface area contributed by atoms with E-state index in [1.165, 1.54) is 32.7 Å². The molecule has 41 heavy (non-hydrogen) atoms. The van der Waals surface area contributed by atoms with Gasteiger partial charge in [0.2, 0.25) is 0 Å². The Morgan fingerprint density at radius 3 is 1.22 bits per heavy atom. The number of hydrogen-bond donors (Lipinski definition) is 0. The van der Waals surface area contributed by atoms with Gasteiger partial charge in [-0.1, -0.05) is 111 Å². The minimum Gasteiger partial charge on any atom is -0.252 e. The largest absolute Gasteiger partial charge is 0.252 e. The quantitative estimate of drug-likeness (QED) is 0.196. The number of fused-ring (bicyclic) bond motifs is 2. The zero-order valence-corrected chi connectivity index (χ0v) is 24.3. The lowest BCUT2D eigenvalue weighted by molar-refractivity contribution is 1.23. The van der Waals surface area contributed by atoms with Gasteiger partial charge in [-0.25, -0.2) is 9.97 Å². The Morgan fingerprint density at radius 2 is 0.829 bits per heavy atom. The molecule has 0 N–H and O–H groups in total. The molecule has 0 amide bonds. The first-order chi connectivity index (χ1) is 20.2. The van der Waals surface area contributed by atoms with E-state index in [1.54, 1.807) is 0 Å². The predicted molar refractivity (Wildman–Crippen MR) is 172 cm³/mol. The van der Waals surface area contributed by atoms with Gasteiger partial charge in [-0.15, -0.1) is 0 Å². The van der Waals surface area contributed by atoms with E-state index in [-0.39, 0.29) is 0 Å². The second-order valence-electron chi connectivity index (χ2n) is 10.5. The molecule has 4 aromatic carbocycles. The van der Waals surface area contributed by atoms with E-state index in [0.29, 0.717) is 0 Å². The zero-order chi connectivity index (χ0) is 27.8. The number of rotatable bonds is 6. The molecule has 0 aliphatic carbocycles. The van der Waals surface area contributed by atoms with Gasteiger partial charge in [0.1, 0.15) is 8.07 Å². The lowest BCUT2D eigenvalue weighted by Crippen LogP contribution is -2.36. The van der Waals surface area contributed by atoms with Crippen molar-refractivity contribution in [1.82, 2.24) is 19.9 Å². The molecule has 0 fully saturated rings. The molecule has 0 atom stereocenters. The van der Waals surface area contributed by atoms with E-state index in [0.717, 1.165) is 45.5 Å². The topological polar surface area (TPSA) is 51.6 Å². The van der Waals surface area contributed by atoms with Crippen LogP contribution in [0.15, 0.2) is 122 Å². The Kier molecular flexibility index (Phi) is 6.37. The number of allylic oxidation sites excluding steroid dienone is 2. The third kappa shape index (κ3) is 4.12. The van der Waals surface area contributed by atoms with E-state index in [2.05, 4.69) is 86.6 Å². The molecule has 1 aliphatic rings. The van der Waals surface area contributed by atoms with Crippen LogP contribution in [-0.4, -0.2) is 28.0 Å². The third-order valence-corrected chi connectivity index (χ3v) is 13.8. The van der Waals surface area contributed by atoms with Crippen LogP contribution in [-0.2, 0) is 0 Å². The number of nitrogens with zero attached hydrogens (tertiary/aromatic N) is 4. The molecule has 0 spiro atoms. The number of benzene rings is 4. The highest BCUT2D eigenvalue weighted by Gasteiger charge is 2.49. The fourth-order valence-electron chi connectivity index (χ4n) is 6.50. The summed E-state index contributed by atoms with van der Waals surface area (Å²) >= 11 is 0. The van der Waals surface area contributed by atoms with Crippen LogP contribution in [0.25, 0.3) is 43.6 Å². The maximum Gasteiger partial charge on any atom is 0.125 e. The highest BCUT2D eigenvalue weighted by Crippen LogP contribution is 2.57. The SMILES string of the molecule is CC[Si]1(CC)C(c2cnc3ccccc3n2)=C(c2ccccc2)C(c2ccccc2)=C1c1cnc2ccccc2n1. The van der Waals surface area contributed by atoms with E-state index in [4.69, 9.17) is 19.9 Å². The monoisotopic (exact) mass is 546 g/mol. The Hall–Kier alpha value is -4.74. The molecule has 6 aromatic rings. The van der Waals surface area contributed by atoms with Gasteiger partial charge in [0.15, 0.2) is 0 Å². The molecule has 0 bridgehead atoms. The van der Waals surface area contributed by atoms with Gasteiger partial charge in [-0.05, 0) is 56.9 Å². The molecule has 5 heteroatoms. The Balaban J connectivity index is 1.63. The molecule has 2 aromatic heterocycles. The highest BCUT2D eigenvalue weighted by molar-refractivity contribution is 7.14. The Bertz CT molecular complexity index is 1820. The summed E-state index contributed by atoms with van der Waals surface area (Å²) in [5, 5.41) is 2.69. The van der Waals surface area contributed by atoms with Crippen LogP contribution in [0, 0.1) is 0 Å². The maximum atomic E-state index is 5.28. The second-order valence-corrected chi connectivity index (χ2v) is 15.1. The lowest BCUT2D eigenvalue weighted by atomic mass is 9.90. The van der Waals surface area contributed by atoms with Crippen molar-refractivity contribution < 1.29 is 0 Å². The van der Waals surface area contributed by atoms with Crippen LogP contribution in [0.5, 0.6) is 0 Å². The van der Waals surface area contributed by atoms with Gasteiger partial charge < -0.3 is 0 Å². The number of aromatic nitrogens is 4. The average Bonchev–Trinajstić information content (AvgIpc) is 3.36. The Labute approximate surface area is 241 Å². The van der Waals surface area contributed by atoms with Crippen molar-refractivity contribution in [2.24, 2.45) is 0 Å². The van der Waals surface area contributed by atoms with Crippen molar-refractivity contribution in [2.75, 3.05) is 0 Å². The van der Waals surface area contributed by atoms with Crippen molar-refractivity contribution >= 4 is 51.7 Å². The van der Waals surface area contributed by atoms with Crippen molar-refractivity contribution in [1.29, 1.82) is 0 Å². The van der Waals surface area contributed by atoms with Gasteiger partial charge in [0.25, 0.3) is 0 Å². The molecular formula is C36H30N4Si. The first kappa shape index (κ1) is 25.2. The van der Waals surface area contributed by atoms with Gasteiger partial charge in [0, 0.05) is 0 Å². The molecule has 3 heterocycles. The van der Waals surface area contributed by atoms with Crippen LogP contribution in [0.4, 0.5) is 0 Å². The van der Waals surface area contributed by atoms with Crippen molar-refractivity contribution in [3.8, 4) is 0 Å². The summed E-state index contributed by atoms with van der Waals surface area (Å²) < 4.78 is 0. The zero-order valence-electron chi connectivity index (χ0n) is 23.3. The van der Waals surface area contributed by atoms with Crippen LogP contribution in [0.3, 0.4) is 0 Å². The fraction of sp³-hybridized carbons (Fsp3) is 0.111. The normalized spacial score (nSPS) is 14.8. The van der Waals surface area contributed by atoms with E-state index >= 15 is 0 Å². The molecule has 0 radical (unpaired) electrons. The maximum absolute atomic E-state index is 5.28. The summed E-state index contributed by atoms with van der Waals surface area (Å²) in [6, 6.07) is 39.9. The first-order valence-corrected chi connectivity index (χ1v) is 16.7. The summed E-state index contributed by atoms with van der Waals surface area (Å²) in [6.07, 6.45) is 3.98. The molecule has 0 saturated heterocycles. The smallest absolute Gasteiger partial charge is 0.125 e. The Morgan fingerprint density at radius 1 is 0.463 bits per heavy atom. The standard InChI is InChI=1S/C36H30N4Si/c1-3-41(4-2)35(31-23-37-27-19-11-13-21-29(27)39-31)33(25-15-7-5-8-16-25)34(26-17-9-6-10-18-26)36(41)32-24-38-28-20-12-14-22-30(28)40-32/h5-24H,3-4H2,1-2H3. The van der Waals surface area contributed by atoms with Crippen molar-refractivity contribution in [3.63, 3.8) is 0 Å². The van der Waals surface area contributed by atoms with E-state index in [1.807, 2.05) is 48.8 Å². The minimum atomic E-state index is -2.43. The first-order valence-electron chi connectivity index (χ1n) is 14.3. The summed E-state index contributed by atoms with van der Waals surface area (Å²) in [7, 11) is -2.43. The molecular weight excluding hydrogens is 517 g/mol. The van der Waals surface area contributed by atoms with E-state index < -0.39 is 8.07 Å². The van der Waals surface area contributed by atoms with Crippen LogP contribution in [0.2, 0.25) is 12.1 Å². The molecule has 198 valence electrons. The number of para-hydroxylation sites is 4. The predicted octanol–water partition coefficient (Wildman–Crippen LogP) is 8.68. The van der Waals surface area contributed by atoms with Crippen LogP contribution >= 0.6 is 0 Å². The van der Waals surface area contributed by atoms with Crippen LogP contribution in [0.1, 0.15) is 36.4 Å². The summed E-state index contributed by atoms with van der Waals surface area (Å²) in [4.78, 5) is 20.4. The average molecular weight is 547 g/mol. The van der Waals surface area contributed by atoms with Gasteiger partial charge in [0.05, 0.1) is 45.8 Å². The number of hydrogen-bond acceptors (Lipinski definition) is 4. The van der Waals surface area contributed by atoms with Crippen molar-refractivity contribution in [3.05, 3.63) is 144 Å². The summed E-state index contributed by atoms with van der Waals surface area (Å²) in [5.74, 6) is 0. The summed E-state index contributed by atoms with van der Waals surface area (Å²) in [6.45, 7) is 4.68. The highest BCUT2D eigenvalue weighted by atomic mass is 28.3. The molecule has 0 saturated carbocycles. The van der Waals surface area contributed by atoms with Gasteiger partial charge in [-0.2, -0.15) is 0 Å². The van der Waals surface area contributed by atoms with E-state index in [9.17, 15) is 0 Å². The lowest BCUT2D eigenvalue weighted by Gasteiger charge is -2.31. The minimum absolute atomic E-state index is 0.910.